The average Bonchev–Trinajstić information content (AvgIpc) is 2.80. The van der Waals surface area contributed by atoms with Gasteiger partial charge < -0.3 is 9.64 Å². The van der Waals surface area contributed by atoms with Crippen LogP contribution in [0.4, 0.5) is 5.00 Å². The van der Waals surface area contributed by atoms with Crippen LogP contribution < -0.4 is 4.90 Å². The molecule has 0 radical (unpaired) electrons. The van der Waals surface area contributed by atoms with Gasteiger partial charge in [-0.1, -0.05) is 0 Å². The molecule has 0 spiro atoms. The van der Waals surface area contributed by atoms with Crippen LogP contribution in [-0.2, 0) is 9.53 Å². The Morgan fingerprint density at radius 3 is 2.88 bits per heavy atom. The molecule has 0 aliphatic carbocycles. The van der Waals surface area contributed by atoms with Gasteiger partial charge in [0.25, 0.3) is 0 Å². The maximum absolute atomic E-state index is 11.8. The van der Waals surface area contributed by atoms with E-state index in [1.165, 1.54) is 18.4 Å². The van der Waals surface area contributed by atoms with Gasteiger partial charge in [-0.15, -0.1) is 11.3 Å². The molecule has 1 aliphatic heterocycles. The fourth-order valence-corrected chi connectivity index (χ4v) is 3.26. The number of aryl methyl sites for hydroxylation is 1. The summed E-state index contributed by atoms with van der Waals surface area (Å²) in [5, 5.41) is 2.58. The Labute approximate surface area is 109 Å². The van der Waals surface area contributed by atoms with Crippen molar-refractivity contribution in [2.45, 2.75) is 18.6 Å². The van der Waals surface area contributed by atoms with Crippen molar-refractivity contribution < 1.29 is 14.3 Å². The standard InChI is InChI=1S/C11H13NO3S2/c1-6-5-17-10(9(6)11(14)15-2)12-4-7(16)3-8(12)13/h5,7,16H,3-4H2,1-2H3. The van der Waals surface area contributed by atoms with Crippen molar-refractivity contribution in [2.75, 3.05) is 18.6 Å². The monoisotopic (exact) mass is 271 g/mol. The number of hydrogen-bond donors (Lipinski definition) is 1. The molecule has 1 saturated heterocycles. The van der Waals surface area contributed by atoms with Gasteiger partial charge >= 0.3 is 5.97 Å². The zero-order valence-electron chi connectivity index (χ0n) is 9.60. The predicted octanol–water partition coefficient (Wildman–Crippen LogP) is 1.88. The van der Waals surface area contributed by atoms with E-state index in [2.05, 4.69) is 12.6 Å². The number of thiol groups is 1. The van der Waals surface area contributed by atoms with Crippen molar-refractivity contribution >= 4 is 40.8 Å². The van der Waals surface area contributed by atoms with Gasteiger partial charge in [-0.3, -0.25) is 4.79 Å². The summed E-state index contributed by atoms with van der Waals surface area (Å²) in [4.78, 5) is 25.1. The minimum absolute atomic E-state index is 0.0111. The van der Waals surface area contributed by atoms with Gasteiger partial charge in [0.05, 0.1) is 12.7 Å². The first kappa shape index (κ1) is 12.4. The molecule has 1 unspecified atom stereocenters. The number of esters is 1. The van der Waals surface area contributed by atoms with E-state index in [1.54, 1.807) is 4.90 Å². The summed E-state index contributed by atoms with van der Waals surface area (Å²) in [7, 11) is 1.34. The van der Waals surface area contributed by atoms with Crippen LogP contribution in [-0.4, -0.2) is 30.8 Å². The van der Waals surface area contributed by atoms with Gasteiger partial charge in [-0.25, -0.2) is 4.79 Å². The first-order valence-corrected chi connectivity index (χ1v) is 6.59. The summed E-state index contributed by atoms with van der Waals surface area (Å²) in [5.74, 6) is -0.383. The Morgan fingerprint density at radius 2 is 2.35 bits per heavy atom. The molecule has 2 heterocycles. The number of nitrogens with zero attached hydrogens (tertiary/aromatic N) is 1. The number of rotatable bonds is 2. The van der Waals surface area contributed by atoms with Crippen LogP contribution in [0.15, 0.2) is 5.38 Å². The molecule has 4 nitrogen and oxygen atoms in total. The highest BCUT2D eigenvalue weighted by molar-refractivity contribution is 7.81. The molecule has 1 aromatic rings. The lowest BCUT2D eigenvalue weighted by molar-refractivity contribution is -0.116. The van der Waals surface area contributed by atoms with Gasteiger partial charge in [0.15, 0.2) is 0 Å². The van der Waals surface area contributed by atoms with E-state index < -0.39 is 5.97 Å². The number of methoxy groups -OCH3 is 1. The summed E-state index contributed by atoms with van der Waals surface area (Å²) in [5.41, 5.74) is 1.33. The Morgan fingerprint density at radius 1 is 1.65 bits per heavy atom. The lowest BCUT2D eigenvalue weighted by Gasteiger charge is -2.15. The van der Waals surface area contributed by atoms with E-state index in [-0.39, 0.29) is 11.2 Å². The van der Waals surface area contributed by atoms with Crippen LogP contribution >= 0.6 is 24.0 Å². The highest BCUT2D eigenvalue weighted by Crippen LogP contribution is 2.35. The van der Waals surface area contributed by atoms with Crippen LogP contribution in [0.2, 0.25) is 0 Å². The normalized spacial score (nSPS) is 19.8. The largest absolute Gasteiger partial charge is 0.465 e. The third kappa shape index (κ3) is 2.19. The third-order valence-corrected chi connectivity index (χ3v) is 4.16. The quantitative estimate of drug-likeness (QED) is 0.660. The number of hydrogen-bond acceptors (Lipinski definition) is 5. The van der Waals surface area contributed by atoms with E-state index in [1.807, 2.05) is 12.3 Å². The minimum Gasteiger partial charge on any atom is -0.465 e. The molecule has 2 rings (SSSR count). The van der Waals surface area contributed by atoms with E-state index in [9.17, 15) is 9.59 Å². The molecule has 17 heavy (non-hydrogen) atoms. The Hall–Kier alpha value is -1.01. The first-order valence-electron chi connectivity index (χ1n) is 5.19. The summed E-state index contributed by atoms with van der Waals surface area (Å²) < 4.78 is 4.75. The lowest BCUT2D eigenvalue weighted by Crippen LogP contribution is -2.25. The molecular formula is C11H13NO3S2. The highest BCUT2D eigenvalue weighted by Gasteiger charge is 2.32. The zero-order chi connectivity index (χ0) is 12.6. The fraction of sp³-hybridized carbons (Fsp3) is 0.455. The number of carbonyl (C=O) groups is 2. The second-order valence-corrected chi connectivity index (χ2v) is 5.54. The van der Waals surface area contributed by atoms with Crippen LogP contribution in [0, 0.1) is 6.92 Å². The summed E-state index contributed by atoms with van der Waals surface area (Å²) >= 11 is 5.70. The highest BCUT2D eigenvalue weighted by atomic mass is 32.1. The number of thiophene rings is 1. The summed E-state index contributed by atoms with van der Waals surface area (Å²) in [6, 6.07) is 0. The molecule has 0 aromatic carbocycles. The maximum Gasteiger partial charge on any atom is 0.341 e. The van der Waals surface area contributed by atoms with E-state index in [4.69, 9.17) is 4.74 Å². The van der Waals surface area contributed by atoms with Crippen molar-refractivity contribution in [3.05, 3.63) is 16.5 Å². The molecule has 0 N–H and O–H groups in total. The molecule has 1 amide bonds. The second-order valence-electron chi connectivity index (χ2n) is 3.95. The number of carbonyl (C=O) groups excluding carboxylic acids is 2. The smallest absolute Gasteiger partial charge is 0.341 e. The molecule has 1 aliphatic rings. The lowest BCUT2D eigenvalue weighted by atomic mass is 10.2. The number of amides is 1. The average molecular weight is 271 g/mol. The molecule has 1 aromatic heterocycles. The molecule has 6 heteroatoms. The van der Waals surface area contributed by atoms with Gasteiger partial charge in [-0.2, -0.15) is 12.6 Å². The van der Waals surface area contributed by atoms with E-state index in [0.29, 0.717) is 23.5 Å². The SMILES string of the molecule is COC(=O)c1c(C)csc1N1CC(S)CC1=O. The van der Waals surface area contributed by atoms with Gasteiger partial charge in [0.2, 0.25) is 5.91 Å². The fourth-order valence-electron chi connectivity index (χ4n) is 1.86. The number of anilines is 1. The van der Waals surface area contributed by atoms with E-state index >= 15 is 0 Å². The third-order valence-electron chi connectivity index (χ3n) is 2.69. The van der Waals surface area contributed by atoms with Crippen molar-refractivity contribution in [2.24, 2.45) is 0 Å². The van der Waals surface area contributed by atoms with Gasteiger partial charge in [-0.05, 0) is 17.9 Å². The minimum atomic E-state index is -0.394. The predicted molar refractivity (Wildman–Crippen MR) is 70.1 cm³/mol. The van der Waals surface area contributed by atoms with Crippen molar-refractivity contribution in [3.8, 4) is 0 Å². The first-order chi connectivity index (χ1) is 8.04. The van der Waals surface area contributed by atoms with Crippen molar-refractivity contribution in [1.82, 2.24) is 0 Å². The second kappa shape index (κ2) is 4.70. The molecule has 92 valence electrons. The summed E-state index contributed by atoms with van der Waals surface area (Å²) in [6.07, 6.45) is 0.417. The van der Waals surface area contributed by atoms with Crippen LogP contribution in [0.25, 0.3) is 0 Å². The van der Waals surface area contributed by atoms with Crippen molar-refractivity contribution in [3.63, 3.8) is 0 Å². The maximum atomic E-state index is 11.8. The van der Waals surface area contributed by atoms with E-state index in [0.717, 1.165) is 5.56 Å². The molecule has 1 atom stereocenters. The Bertz CT molecular complexity index is 469. The van der Waals surface area contributed by atoms with Crippen LogP contribution in [0.5, 0.6) is 0 Å². The molecule has 1 fully saturated rings. The number of ether oxygens (including phenoxy) is 1. The zero-order valence-corrected chi connectivity index (χ0v) is 11.3. The molecule has 0 bridgehead atoms. The Balaban J connectivity index is 2.39. The van der Waals surface area contributed by atoms with Crippen LogP contribution in [0.3, 0.4) is 0 Å². The topological polar surface area (TPSA) is 46.6 Å². The molecular weight excluding hydrogens is 258 g/mol. The van der Waals surface area contributed by atoms with Gasteiger partial charge in [0.1, 0.15) is 5.00 Å². The molecule has 0 saturated carbocycles. The summed E-state index contributed by atoms with van der Waals surface area (Å²) in [6.45, 7) is 2.39. The van der Waals surface area contributed by atoms with Crippen molar-refractivity contribution in [1.29, 1.82) is 0 Å². The van der Waals surface area contributed by atoms with Crippen LogP contribution in [0.1, 0.15) is 22.3 Å². The Kier molecular flexibility index (Phi) is 3.44. The van der Waals surface area contributed by atoms with Gasteiger partial charge in [0, 0.05) is 18.2 Å².